The molecule has 0 N–H and O–H groups in total. The number of ether oxygens (including phenoxy) is 4. The minimum Gasteiger partial charge on any atom is -0.458 e. The molecule has 25 heavy (non-hydrogen) atoms. The third kappa shape index (κ3) is 8.58. The highest BCUT2D eigenvalue weighted by molar-refractivity contribution is 5.72. The quantitative estimate of drug-likeness (QED) is 0.284. The van der Waals surface area contributed by atoms with Gasteiger partial charge in [-0.1, -0.05) is 0 Å². The van der Waals surface area contributed by atoms with Crippen LogP contribution in [0.4, 0.5) is 0 Å². The van der Waals surface area contributed by atoms with Gasteiger partial charge in [-0.3, -0.25) is 24.0 Å². The molecular formula is C15H20O10. The Bertz CT molecular complexity index is 526. The van der Waals surface area contributed by atoms with Gasteiger partial charge in [0.25, 0.3) is 0 Å². The standard InChI is InChI=1S/C15H20O10/c1-8(18)22-12(5-6-16)14(24-10(3)20)15(25-11(4)21)13(7-17)23-9(2)19/h6-7,12-15H,5H2,1-4H3/t12-,13+,14+,15-/m0/s1. The van der Waals surface area contributed by atoms with Gasteiger partial charge in [0.15, 0.2) is 24.6 Å². The molecule has 0 aliphatic rings. The molecule has 0 aliphatic carbocycles. The van der Waals surface area contributed by atoms with Gasteiger partial charge in [0, 0.05) is 34.1 Å². The Morgan fingerprint density at radius 3 is 1.52 bits per heavy atom. The summed E-state index contributed by atoms with van der Waals surface area (Å²) >= 11 is 0. The molecular weight excluding hydrogens is 340 g/mol. The molecule has 10 nitrogen and oxygen atoms in total. The van der Waals surface area contributed by atoms with Gasteiger partial charge in [-0.25, -0.2) is 0 Å². The van der Waals surface area contributed by atoms with E-state index in [0.717, 1.165) is 27.7 Å². The van der Waals surface area contributed by atoms with Crippen LogP contribution in [0.5, 0.6) is 0 Å². The molecule has 0 radical (unpaired) electrons. The minimum atomic E-state index is -1.64. The number of hydrogen-bond donors (Lipinski definition) is 0. The molecule has 10 heteroatoms. The van der Waals surface area contributed by atoms with Crippen LogP contribution >= 0.6 is 0 Å². The fraction of sp³-hybridized carbons (Fsp3) is 0.600. The fourth-order valence-electron chi connectivity index (χ4n) is 1.98. The monoisotopic (exact) mass is 360 g/mol. The van der Waals surface area contributed by atoms with Gasteiger partial charge in [-0.15, -0.1) is 0 Å². The normalized spacial score (nSPS) is 14.9. The molecule has 0 unspecified atom stereocenters. The number of aldehydes is 2. The van der Waals surface area contributed by atoms with Gasteiger partial charge >= 0.3 is 23.9 Å². The zero-order valence-electron chi connectivity index (χ0n) is 14.3. The highest BCUT2D eigenvalue weighted by Crippen LogP contribution is 2.20. The molecule has 0 rings (SSSR count). The summed E-state index contributed by atoms with van der Waals surface area (Å²) in [5.74, 6) is -3.41. The fourth-order valence-corrected chi connectivity index (χ4v) is 1.98. The van der Waals surface area contributed by atoms with Crippen LogP contribution in [-0.4, -0.2) is 60.9 Å². The van der Waals surface area contributed by atoms with Crippen LogP contribution in [0.2, 0.25) is 0 Å². The molecule has 0 heterocycles. The van der Waals surface area contributed by atoms with Gasteiger partial charge < -0.3 is 23.7 Å². The smallest absolute Gasteiger partial charge is 0.303 e. The maximum absolute atomic E-state index is 11.4. The lowest BCUT2D eigenvalue weighted by atomic mass is 10.0. The summed E-state index contributed by atoms with van der Waals surface area (Å²) in [7, 11) is 0. The Kier molecular flexibility index (Phi) is 9.68. The van der Waals surface area contributed by atoms with Gasteiger partial charge in [0.2, 0.25) is 0 Å². The molecule has 0 amide bonds. The number of esters is 4. The molecule has 0 aromatic carbocycles. The summed E-state index contributed by atoms with van der Waals surface area (Å²) in [4.78, 5) is 67.3. The first-order valence-corrected chi connectivity index (χ1v) is 7.20. The SMILES string of the molecule is CC(=O)O[C@H]([C@H](OC(C)=O)[C@H](CC=O)OC(C)=O)[C@@H](C=O)OC(C)=O. The van der Waals surface area contributed by atoms with Crippen molar-refractivity contribution in [2.45, 2.75) is 58.5 Å². The van der Waals surface area contributed by atoms with Crippen LogP contribution in [0, 0.1) is 0 Å². The second kappa shape index (κ2) is 10.9. The van der Waals surface area contributed by atoms with E-state index in [0.29, 0.717) is 6.29 Å². The lowest BCUT2D eigenvalue weighted by molar-refractivity contribution is -0.197. The van der Waals surface area contributed by atoms with Crippen LogP contribution in [0.3, 0.4) is 0 Å². The molecule has 0 aromatic heterocycles. The zero-order valence-corrected chi connectivity index (χ0v) is 14.3. The molecule has 0 fully saturated rings. The first-order valence-electron chi connectivity index (χ1n) is 7.20. The Hall–Kier alpha value is -2.78. The van der Waals surface area contributed by atoms with Crippen molar-refractivity contribution in [3.63, 3.8) is 0 Å². The van der Waals surface area contributed by atoms with Gasteiger partial charge in [-0.05, 0) is 0 Å². The Labute approximate surface area is 143 Å². The molecule has 0 aliphatic heterocycles. The van der Waals surface area contributed by atoms with Crippen molar-refractivity contribution in [2.24, 2.45) is 0 Å². The van der Waals surface area contributed by atoms with Gasteiger partial charge in [0.05, 0.1) is 0 Å². The first kappa shape index (κ1) is 22.2. The molecule has 0 bridgehead atoms. The number of carbonyl (C=O) groups is 6. The summed E-state index contributed by atoms with van der Waals surface area (Å²) in [6.07, 6.45) is -6.04. The molecule has 0 aromatic rings. The second-order valence-electron chi connectivity index (χ2n) is 4.91. The molecule has 140 valence electrons. The molecule has 0 saturated carbocycles. The summed E-state index contributed by atoms with van der Waals surface area (Å²) in [5, 5.41) is 0. The number of rotatable bonds is 10. The first-order chi connectivity index (χ1) is 11.6. The van der Waals surface area contributed by atoms with Crippen molar-refractivity contribution in [3.8, 4) is 0 Å². The molecule has 4 atom stereocenters. The summed E-state index contributed by atoms with van der Waals surface area (Å²) in [6.45, 7) is 4.09. The van der Waals surface area contributed by atoms with Crippen molar-refractivity contribution in [1.82, 2.24) is 0 Å². The van der Waals surface area contributed by atoms with E-state index >= 15 is 0 Å². The third-order valence-electron chi connectivity index (χ3n) is 2.70. The largest absolute Gasteiger partial charge is 0.458 e. The average Bonchev–Trinajstić information content (AvgIpc) is 2.47. The van der Waals surface area contributed by atoms with E-state index in [4.69, 9.17) is 18.9 Å². The van der Waals surface area contributed by atoms with Crippen LogP contribution in [0.25, 0.3) is 0 Å². The van der Waals surface area contributed by atoms with E-state index in [9.17, 15) is 28.8 Å². The van der Waals surface area contributed by atoms with Crippen molar-refractivity contribution >= 4 is 36.4 Å². The summed E-state index contributed by atoms with van der Waals surface area (Å²) in [5.41, 5.74) is 0. The van der Waals surface area contributed by atoms with Crippen LogP contribution in [0.1, 0.15) is 34.1 Å². The third-order valence-corrected chi connectivity index (χ3v) is 2.70. The van der Waals surface area contributed by atoms with E-state index in [2.05, 4.69) is 0 Å². The number of hydrogen-bond acceptors (Lipinski definition) is 10. The van der Waals surface area contributed by atoms with E-state index in [1.165, 1.54) is 0 Å². The van der Waals surface area contributed by atoms with Crippen molar-refractivity contribution in [2.75, 3.05) is 0 Å². The topological polar surface area (TPSA) is 139 Å². The summed E-state index contributed by atoms with van der Waals surface area (Å²) < 4.78 is 19.6. The Balaban J connectivity index is 5.92. The van der Waals surface area contributed by atoms with Crippen molar-refractivity contribution < 1.29 is 47.7 Å². The van der Waals surface area contributed by atoms with Crippen LogP contribution in [0.15, 0.2) is 0 Å². The minimum absolute atomic E-state index is 0.164. The van der Waals surface area contributed by atoms with E-state index < -0.39 is 54.7 Å². The maximum Gasteiger partial charge on any atom is 0.303 e. The zero-order chi connectivity index (χ0) is 19.6. The van der Waals surface area contributed by atoms with Gasteiger partial charge in [-0.2, -0.15) is 0 Å². The maximum atomic E-state index is 11.4. The van der Waals surface area contributed by atoms with Crippen molar-refractivity contribution in [3.05, 3.63) is 0 Å². The lowest BCUT2D eigenvalue weighted by Gasteiger charge is -2.33. The number of carbonyl (C=O) groups excluding carboxylic acids is 6. The van der Waals surface area contributed by atoms with Gasteiger partial charge in [0.1, 0.15) is 12.4 Å². The van der Waals surface area contributed by atoms with E-state index in [1.807, 2.05) is 0 Å². The van der Waals surface area contributed by atoms with E-state index in [1.54, 1.807) is 0 Å². The predicted molar refractivity (Wildman–Crippen MR) is 79.0 cm³/mol. The van der Waals surface area contributed by atoms with E-state index in [-0.39, 0.29) is 6.29 Å². The van der Waals surface area contributed by atoms with Crippen LogP contribution < -0.4 is 0 Å². The Morgan fingerprint density at radius 2 is 1.16 bits per heavy atom. The predicted octanol–water partition coefficient (Wildman–Crippen LogP) is -0.499. The Morgan fingerprint density at radius 1 is 0.720 bits per heavy atom. The van der Waals surface area contributed by atoms with Crippen LogP contribution in [-0.2, 0) is 47.7 Å². The summed E-state index contributed by atoms with van der Waals surface area (Å²) in [6, 6.07) is 0. The average molecular weight is 360 g/mol. The highest BCUT2D eigenvalue weighted by atomic mass is 16.6. The van der Waals surface area contributed by atoms with Crippen molar-refractivity contribution in [1.29, 1.82) is 0 Å². The highest BCUT2D eigenvalue weighted by Gasteiger charge is 2.43. The second-order valence-corrected chi connectivity index (χ2v) is 4.91. The lowest BCUT2D eigenvalue weighted by Crippen LogP contribution is -2.52. The molecule has 0 saturated heterocycles. The molecule has 0 spiro atoms.